The zero-order valence-corrected chi connectivity index (χ0v) is 17.3. The first-order valence-electron chi connectivity index (χ1n) is 10.1. The van der Waals surface area contributed by atoms with E-state index in [1.807, 2.05) is 42.7 Å². The number of hydrogen-bond donors (Lipinski definition) is 0. The lowest BCUT2D eigenvalue weighted by atomic mass is 10.0. The third-order valence-electron chi connectivity index (χ3n) is 5.69. The molecule has 152 valence electrons. The van der Waals surface area contributed by atoms with E-state index in [-0.39, 0.29) is 5.56 Å². The molecule has 0 bridgehead atoms. The first kappa shape index (κ1) is 19.1. The molecule has 5 nitrogen and oxygen atoms in total. The van der Waals surface area contributed by atoms with Crippen molar-refractivity contribution in [2.45, 2.75) is 13.0 Å². The van der Waals surface area contributed by atoms with Crippen LogP contribution in [0.2, 0.25) is 5.02 Å². The molecule has 0 amide bonds. The lowest BCUT2D eigenvalue weighted by Gasteiger charge is -2.29. The topological polar surface area (TPSA) is 47.4 Å². The molecule has 3 heterocycles. The average Bonchev–Trinajstić information content (AvgIpc) is 3.20. The van der Waals surface area contributed by atoms with Crippen LogP contribution in [0.25, 0.3) is 5.57 Å². The molecule has 1 aromatic carbocycles. The summed E-state index contributed by atoms with van der Waals surface area (Å²) >= 11 is 5.95. The number of halogens is 1. The Labute approximate surface area is 180 Å². The minimum Gasteiger partial charge on any atom is -0.378 e. The molecule has 1 saturated heterocycles. The molecule has 2 aliphatic rings. The van der Waals surface area contributed by atoms with Crippen molar-refractivity contribution < 1.29 is 4.74 Å². The molecule has 5 rings (SSSR count). The van der Waals surface area contributed by atoms with Crippen LogP contribution in [0.5, 0.6) is 0 Å². The Balaban J connectivity index is 1.41. The highest BCUT2D eigenvalue weighted by atomic mass is 35.5. The van der Waals surface area contributed by atoms with Gasteiger partial charge in [0.1, 0.15) is 0 Å². The highest BCUT2D eigenvalue weighted by molar-refractivity contribution is 6.30. The molecule has 1 fully saturated rings. The number of anilines is 1. The smallest absolute Gasteiger partial charge is 0.251 e. The number of rotatable bonds is 4. The van der Waals surface area contributed by atoms with E-state index in [9.17, 15) is 4.79 Å². The highest BCUT2D eigenvalue weighted by Gasteiger charge is 2.20. The number of fused-ring (bicyclic) bond motifs is 1. The summed E-state index contributed by atoms with van der Waals surface area (Å²) in [4.78, 5) is 19.8. The van der Waals surface area contributed by atoms with Gasteiger partial charge in [-0.15, -0.1) is 0 Å². The monoisotopic (exact) mass is 419 g/mol. The minimum atomic E-state index is -0.0194. The molecule has 0 unspecified atom stereocenters. The van der Waals surface area contributed by atoms with Gasteiger partial charge < -0.3 is 14.2 Å². The predicted octanol–water partition coefficient (Wildman–Crippen LogP) is 3.77. The lowest BCUT2D eigenvalue weighted by molar-refractivity contribution is 0.122. The van der Waals surface area contributed by atoms with E-state index in [1.54, 1.807) is 10.6 Å². The normalized spacial score (nSPS) is 15.8. The molecule has 1 aliphatic heterocycles. The Morgan fingerprint density at radius 1 is 1.07 bits per heavy atom. The van der Waals surface area contributed by atoms with E-state index in [4.69, 9.17) is 16.3 Å². The molecule has 3 aromatic rings. The summed E-state index contributed by atoms with van der Waals surface area (Å²) in [5, 5.41) is 0.693. The van der Waals surface area contributed by atoms with Crippen molar-refractivity contribution in [1.29, 1.82) is 0 Å². The van der Waals surface area contributed by atoms with Crippen molar-refractivity contribution in [3.05, 3.63) is 98.7 Å². The minimum absolute atomic E-state index is 0.0194. The van der Waals surface area contributed by atoms with Gasteiger partial charge in [0.25, 0.3) is 5.56 Å². The Kier molecular flexibility index (Phi) is 5.15. The maximum absolute atomic E-state index is 12.8. The molecule has 0 radical (unpaired) electrons. The first-order chi connectivity index (χ1) is 14.7. The van der Waals surface area contributed by atoms with Crippen LogP contribution in [0.15, 0.2) is 65.7 Å². The Morgan fingerprint density at radius 2 is 1.87 bits per heavy atom. The van der Waals surface area contributed by atoms with E-state index in [0.29, 0.717) is 11.6 Å². The van der Waals surface area contributed by atoms with Gasteiger partial charge in [-0.05, 0) is 41.0 Å². The molecule has 0 atom stereocenters. The molecule has 0 saturated carbocycles. The van der Waals surface area contributed by atoms with Gasteiger partial charge in [-0.3, -0.25) is 9.78 Å². The van der Waals surface area contributed by atoms with E-state index < -0.39 is 0 Å². The van der Waals surface area contributed by atoms with Gasteiger partial charge in [-0.2, -0.15) is 0 Å². The number of morpholine rings is 1. The zero-order chi connectivity index (χ0) is 20.5. The van der Waals surface area contributed by atoms with Crippen molar-refractivity contribution in [3.63, 3.8) is 0 Å². The number of aromatic nitrogens is 2. The zero-order valence-electron chi connectivity index (χ0n) is 16.6. The van der Waals surface area contributed by atoms with Gasteiger partial charge in [0.05, 0.1) is 37.3 Å². The summed E-state index contributed by atoms with van der Waals surface area (Å²) in [6.07, 6.45) is 6.77. The fourth-order valence-electron chi connectivity index (χ4n) is 4.05. The van der Waals surface area contributed by atoms with Crippen LogP contribution in [-0.4, -0.2) is 35.9 Å². The summed E-state index contributed by atoms with van der Waals surface area (Å²) in [6, 6.07) is 13.5. The second kappa shape index (κ2) is 8.09. The van der Waals surface area contributed by atoms with Crippen molar-refractivity contribution in [2.75, 3.05) is 31.2 Å². The van der Waals surface area contributed by atoms with Crippen LogP contribution >= 0.6 is 11.6 Å². The van der Waals surface area contributed by atoms with E-state index >= 15 is 0 Å². The molecule has 30 heavy (non-hydrogen) atoms. The molecule has 0 spiro atoms. The lowest BCUT2D eigenvalue weighted by Crippen LogP contribution is -2.36. The fraction of sp³-hybridized carbons (Fsp3) is 0.250. The maximum atomic E-state index is 12.8. The fourth-order valence-corrected chi connectivity index (χ4v) is 4.17. The van der Waals surface area contributed by atoms with Crippen molar-refractivity contribution in [3.8, 4) is 0 Å². The summed E-state index contributed by atoms with van der Waals surface area (Å²) in [5.41, 5.74) is 6.34. The van der Waals surface area contributed by atoms with Crippen LogP contribution in [0, 0.1) is 0 Å². The van der Waals surface area contributed by atoms with Crippen LogP contribution in [-0.2, 0) is 17.7 Å². The molecule has 6 heteroatoms. The van der Waals surface area contributed by atoms with Crippen LogP contribution < -0.4 is 10.5 Å². The van der Waals surface area contributed by atoms with Crippen LogP contribution in [0.4, 0.5) is 5.69 Å². The van der Waals surface area contributed by atoms with Gasteiger partial charge >= 0.3 is 0 Å². The van der Waals surface area contributed by atoms with Crippen molar-refractivity contribution in [1.82, 2.24) is 9.55 Å². The van der Waals surface area contributed by atoms with Gasteiger partial charge in [0.2, 0.25) is 0 Å². The highest BCUT2D eigenvalue weighted by Crippen LogP contribution is 2.33. The van der Waals surface area contributed by atoms with E-state index in [1.165, 1.54) is 0 Å². The van der Waals surface area contributed by atoms with Gasteiger partial charge in [0.15, 0.2) is 0 Å². The number of hydrogen-bond acceptors (Lipinski definition) is 4. The number of pyridine rings is 2. The standard InChI is InChI=1S/C24H22ClN3O2/c25-19-3-1-17(2-4-19)16-28-8-7-18(13-24(28)29)21-5-6-23-22(21)14-20(15-26-23)27-9-11-30-12-10-27/h1-5,7-8,13-15H,6,9-12,16H2. The molecular weight excluding hydrogens is 398 g/mol. The van der Waals surface area contributed by atoms with Crippen molar-refractivity contribution >= 4 is 22.9 Å². The van der Waals surface area contributed by atoms with E-state index in [2.05, 4.69) is 22.0 Å². The van der Waals surface area contributed by atoms with Gasteiger partial charge in [0, 0.05) is 42.4 Å². The summed E-state index contributed by atoms with van der Waals surface area (Å²) in [7, 11) is 0. The average molecular weight is 420 g/mol. The Morgan fingerprint density at radius 3 is 2.63 bits per heavy atom. The molecule has 0 N–H and O–H groups in total. The SMILES string of the molecule is O=c1cc(C2=CCc3ncc(N4CCOCC4)cc32)ccn1Cc1ccc(Cl)cc1. The van der Waals surface area contributed by atoms with E-state index in [0.717, 1.165) is 66.4 Å². The summed E-state index contributed by atoms with van der Waals surface area (Å²) in [5.74, 6) is 0. The summed E-state index contributed by atoms with van der Waals surface area (Å²) in [6.45, 7) is 3.76. The summed E-state index contributed by atoms with van der Waals surface area (Å²) < 4.78 is 7.17. The number of ether oxygens (including phenoxy) is 1. The molecule has 2 aromatic heterocycles. The predicted molar refractivity (Wildman–Crippen MR) is 119 cm³/mol. The quantitative estimate of drug-likeness (QED) is 0.646. The third-order valence-corrected chi connectivity index (χ3v) is 5.95. The molecular formula is C24H22ClN3O2. The number of nitrogens with zero attached hydrogens (tertiary/aromatic N) is 3. The second-order valence-electron chi connectivity index (χ2n) is 7.62. The van der Waals surface area contributed by atoms with Crippen LogP contribution in [0.3, 0.4) is 0 Å². The largest absolute Gasteiger partial charge is 0.378 e. The Hall–Kier alpha value is -2.89. The van der Waals surface area contributed by atoms with Gasteiger partial charge in [-0.1, -0.05) is 29.8 Å². The van der Waals surface area contributed by atoms with Crippen LogP contribution in [0.1, 0.15) is 22.4 Å². The first-order valence-corrected chi connectivity index (χ1v) is 10.5. The molecule has 1 aliphatic carbocycles. The third kappa shape index (κ3) is 3.78. The second-order valence-corrected chi connectivity index (χ2v) is 8.05. The number of allylic oxidation sites excluding steroid dienone is 1. The van der Waals surface area contributed by atoms with Crippen molar-refractivity contribution in [2.24, 2.45) is 0 Å². The Bertz CT molecular complexity index is 1160. The number of benzene rings is 1. The maximum Gasteiger partial charge on any atom is 0.251 e. The van der Waals surface area contributed by atoms with Gasteiger partial charge in [-0.25, -0.2) is 0 Å².